The van der Waals surface area contributed by atoms with E-state index >= 15 is 0 Å². The molecular weight excluding hydrogens is 224 g/mol. The third kappa shape index (κ3) is 4.37. The smallest absolute Gasteiger partial charge is 0.126 e. The third-order valence-electron chi connectivity index (χ3n) is 2.16. The molecule has 0 radical (unpaired) electrons. The van der Waals surface area contributed by atoms with Crippen molar-refractivity contribution in [3.8, 4) is 0 Å². The molecule has 0 fully saturated rings. The van der Waals surface area contributed by atoms with Gasteiger partial charge in [-0.05, 0) is 25.5 Å². The van der Waals surface area contributed by atoms with Crippen LogP contribution in [0.2, 0.25) is 5.02 Å². The van der Waals surface area contributed by atoms with E-state index in [4.69, 9.17) is 16.3 Å². The van der Waals surface area contributed by atoms with Crippen LogP contribution in [0.5, 0.6) is 0 Å². The lowest BCUT2D eigenvalue weighted by atomic mass is 10.3. The molecule has 0 aliphatic rings. The zero-order valence-corrected chi connectivity index (χ0v) is 10.7. The Kier molecular flexibility index (Phi) is 6.19. The highest BCUT2D eigenvalue weighted by Crippen LogP contribution is 2.17. The number of anilines is 1. The maximum Gasteiger partial charge on any atom is 0.126 e. The SMILES string of the molecule is CCCCOCc1nc(NCC)ccc1Cl. The van der Waals surface area contributed by atoms with Crippen LogP contribution in [0, 0.1) is 0 Å². The minimum atomic E-state index is 0.484. The molecule has 16 heavy (non-hydrogen) atoms. The van der Waals surface area contributed by atoms with Crippen LogP contribution in [0.25, 0.3) is 0 Å². The molecule has 0 saturated heterocycles. The van der Waals surface area contributed by atoms with Crippen molar-refractivity contribution in [2.75, 3.05) is 18.5 Å². The van der Waals surface area contributed by atoms with Gasteiger partial charge in [0.25, 0.3) is 0 Å². The second kappa shape index (κ2) is 7.47. The quantitative estimate of drug-likeness (QED) is 0.744. The molecule has 3 nitrogen and oxygen atoms in total. The first-order valence-electron chi connectivity index (χ1n) is 5.75. The Hall–Kier alpha value is -0.800. The summed E-state index contributed by atoms with van der Waals surface area (Å²) in [6.45, 7) is 6.27. The molecule has 0 aromatic carbocycles. The molecule has 0 amide bonds. The first kappa shape index (κ1) is 13.3. The summed E-state index contributed by atoms with van der Waals surface area (Å²) in [5, 5.41) is 3.82. The van der Waals surface area contributed by atoms with Gasteiger partial charge < -0.3 is 10.1 Å². The second-order valence-electron chi connectivity index (χ2n) is 3.56. The van der Waals surface area contributed by atoms with E-state index in [0.29, 0.717) is 11.6 Å². The van der Waals surface area contributed by atoms with Crippen molar-refractivity contribution in [2.24, 2.45) is 0 Å². The summed E-state index contributed by atoms with van der Waals surface area (Å²) in [6, 6.07) is 3.73. The summed E-state index contributed by atoms with van der Waals surface area (Å²) in [5.41, 5.74) is 0.802. The van der Waals surface area contributed by atoms with Gasteiger partial charge in [0.2, 0.25) is 0 Å². The molecule has 0 spiro atoms. The Morgan fingerprint density at radius 2 is 2.19 bits per heavy atom. The van der Waals surface area contributed by atoms with Crippen LogP contribution >= 0.6 is 11.6 Å². The number of pyridine rings is 1. The van der Waals surface area contributed by atoms with Crippen molar-refractivity contribution < 1.29 is 4.74 Å². The molecule has 0 aliphatic carbocycles. The van der Waals surface area contributed by atoms with Crippen LogP contribution in [0.3, 0.4) is 0 Å². The van der Waals surface area contributed by atoms with E-state index in [1.807, 2.05) is 19.1 Å². The van der Waals surface area contributed by atoms with E-state index in [2.05, 4.69) is 17.2 Å². The molecule has 0 aliphatic heterocycles. The Bertz CT molecular complexity index is 318. The fourth-order valence-electron chi connectivity index (χ4n) is 1.28. The second-order valence-corrected chi connectivity index (χ2v) is 3.97. The fourth-order valence-corrected chi connectivity index (χ4v) is 1.44. The summed E-state index contributed by atoms with van der Waals surface area (Å²) in [6.07, 6.45) is 2.21. The molecule has 1 heterocycles. The minimum absolute atomic E-state index is 0.484. The van der Waals surface area contributed by atoms with Crippen molar-refractivity contribution >= 4 is 17.4 Å². The fraction of sp³-hybridized carbons (Fsp3) is 0.583. The molecule has 0 saturated carbocycles. The summed E-state index contributed by atoms with van der Waals surface area (Å²) >= 11 is 6.04. The lowest BCUT2D eigenvalue weighted by Gasteiger charge is -2.08. The van der Waals surface area contributed by atoms with Gasteiger partial charge in [-0.25, -0.2) is 4.98 Å². The zero-order chi connectivity index (χ0) is 11.8. The predicted molar refractivity (Wildman–Crippen MR) is 68.0 cm³/mol. The maximum absolute atomic E-state index is 6.04. The molecule has 1 N–H and O–H groups in total. The summed E-state index contributed by atoms with van der Waals surface area (Å²) in [4.78, 5) is 4.39. The largest absolute Gasteiger partial charge is 0.375 e. The average Bonchev–Trinajstić information content (AvgIpc) is 2.29. The Labute approximate surface area is 102 Å². The van der Waals surface area contributed by atoms with Crippen LogP contribution in [-0.4, -0.2) is 18.1 Å². The Balaban J connectivity index is 2.52. The Morgan fingerprint density at radius 1 is 1.38 bits per heavy atom. The van der Waals surface area contributed by atoms with Crippen LogP contribution in [0.1, 0.15) is 32.4 Å². The predicted octanol–water partition coefficient (Wildman–Crippen LogP) is 3.48. The summed E-state index contributed by atoms with van der Waals surface area (Å²) in [7, 11) is 0. The monoisotopic (exact) mass is 242 g/mol. The van der Waals surface area contributed by atoms with Gasteiger partial charge >= 0.3 is 0 Å². The highest BCUT2D eigenvalue weighted by atomic mass is 35.5. The van der Waals surface area contributed by atoms with Gasteiger partial charge in [-0.1, -0.05) is 24.9 Å². The van der Waals surface area contributed by atoms with Gasteiger partial charge in [-0.15, -0.1) is 0 Å². The van der Waals surface area contributed by atoms with Crippen LogP contribution in [-0.2, 0) is 11.3 Å². The molecule has 1 aromatic rings. The van der Waals surface area contributed by atoms with Gasteiger partial charge in [-0.3, -0.25) is 0 Å². The number of ether oxygens (including phenoxy) is 1. The molecule has 1 aromatic heterocycles. The van der Waals surface area contributed by atoms with Gasteiger partial charge in [-0.2, -0.15) is 0 Å². The number of halogens is 1. The molecule has 0 atom stereocenters. The van der Waals surface area contributed by atoms with E-state index in [0.717, 1.165) is 37.5 Å². The van der Waals surface area contributed by atoms with E-state index in [1.165, 1.54) is 0 Å². The van der Waals surface area contributed by atoms with Crippen LogP contribution in [0.4, 0.5) is 5.82 Å². The van der Waals surface area contributed by atoms with Crippen LogP contribution in [0.15, 0.2) is 12.1 Å². The molecule has 1 rings (SSSR count). The molecule has 0 bridgehead atoms. The first-order chi connectivity index (χ1) is 7.77. The van der Waals surface area contributed by atoms with Crippen molar-refractivity contribution in [1.82, 2.24) is 4.98 Å². The normalized spacial score (nSPS) is 10.4. The van der Waals surface area contributed by atoms with Crippen molar-refractivity contribution in [2.45, 2.75) is 33.3 Å². The summed E-state index contributed by atoms with van der Waals surface area (Å²) in [5.74, 6) is 0.848. The topological polar surface area (TPSA) is 34.1 Å². The molecule has 0 unspecified atom stereocenters. The average molecular weight is 243 g/mol. The Morgan fingerprint density at radius 3 is 2.88 bits per heavy atom. The van der Waals surface area contributed by atoms with Crippen molar-refractivity contribution in [3.63, 3.8) is 0 Å². The number of nitrogens with zero attached hydrogens (tertiary/aromatic N) is 1. The van der Waals surface area contributed by atoms with Crippen molar-refractivity contribution in [1.29, 1.82) is 0 Å². The number of hydrogen-bond donors (Lipinski definition) is 1. The van der Waals surface area contributed by atoms with E-state index in [-0.39, 0.29) is 0 Å². The zero-order valence-electron chi connectivity index (χ0n) is 9.92. The van der Waals surface area contributed by atoms with Gasteiger partial charge in [0.15, 0.2) is 0 Å². The van der Waals surface area contributed by atoms with Crippen LogP contribution < -0.4 is 5.32 Å². The molecule has 90 valence electrons. The standard InChI is InChI=1S/C12H19ClN2O/c1-3-5-8-16-9-11-10(13)6-7-12(15-11)14-4-2/h6-7H,3-5,8-9H2,1-2H3,(H,14,15). The lowest BCUT2D eigenvalue weighted by molar-refractivity contribution is 0.115. The van der Waals surface area contributed by atoms with E-state index in [1.54, 1.807) is 0 Å². The maximum atomic E-state index is 6.04. The first-order valence-corrected chi connectivity index (χ1v) is 6.12. The third-order valence-corrected chi connectivity index (χ3v) is 2.50. The van der Waals surface area contributed by atoms with E-state index < -0.39 is 0 Å². The number of unbranched alkanes of at least 4 members (excludes halogenated alkanes) is 1. The van der Waals surface area contributed by atoms with Gasteiger partial charge in [0, 0.05) is 13.2 Å². The minimum Gasteiger partial charge on any atom is -0.375 e. The number of hydrogen-bond acceptors (Lipinski definition) is 3. The van der Waals surface area contributed by atoms with Gasteiger partial charge in [0.05, 0.1) is 17.3 Å². The molecular formula is C12H19ClN2O. The van der Waals surface area contributed by atoms with Gasteiger partial charge in [0.1, 0.15) is 5.82 Å². The highest BCUT2D eigenvalue weighted by Gasteiger charge is 2.03. The number of aromatic nitrogens is 1. The van der Waals surface area contributed by atoms with Crippen molar-refractivity contribution in [3.05, 3.63) is 22.8 Å². The highest BCUT2D eigenvalue weighted by molar-refractivity contribution is 6.31. The molecule has 4 heteroatoms. The number of rotatable bonds is 7. The van der Waals surface area contributed by atoms with E-state index in [9.17, 15) is 0 Å². The lowest BCUT2D eigenvalue weighted by Crippen LogP contribution is -2.03. The summed E-state index contributed by atoms with van der Waals surface area (Å²) < 4.78 is 5.50. The number of nitrogens with one attached hydrogen (secondary N) is 1.